The molecule has 1 unspecified atom stereocenters. The van der Waals surface area contributed by atoms with E-state index in [0.29, 0.717) is 23.4 Å². The number of benzene rings is 1. The van der Waals surface area contributed by atoms with Crippen LogP contribution in [0.3, 0.4) is 0 Å². The summed E-state index contributed by atoms with van der Waals surface area (Å²) in [5, 5.41) is 13.3. The molecule has 0 aliphatic rings. The van der Waals surface area contributed by atoms with Gasteiger partial charge in [-0.15, -0.1) is 0 Å². The van der Waals surface area contributed by atoms with Crippen LogP contribution in [0, 0.1) is 0 Å². The summed E-state index contributed by atoms with van der Waals surface area (Å²) in [6.07, 6.45) is -0.544. The zero-order valence-electron chi connectivity index (χ0n) is 9.91. The summed E-state index contributed by atoms with van der Waals surface area (Å²) in [5.74, 6) is 0.582. The quantitative estimate of drug-likeness (QED) is 0.846. The minimum absolute atomic E-state index is 0.223. The first-order valence-corrected chi connectivity index (χ1v) is 6.65. The summed E-state index contributed by atoms with van der Waals surface area (Å²) in [5.41, 5.74) is 0. The molecular weight excluding hydrogens is 305 g/mol. The molecule has 0 saturated heterocycles. The molecule has 0 spiro atoms. The van der Waals surface area contributed by atoms with Gasteiger partial charge in [-0.2, -0.15) is 0 Å². The van der Waals surface area contributed by atoms with Crippen molar-refractivity contribution in [2.24, 2.45) is 0 Å². The molecule has 2 N–H and O–H groups in total. The topological polar surface area (TPSA) is 41.5 Å². The second-order valence-electron chi connectivity index (χ2n) is 4.10. The zero-order valence-corrected chi connectivity index (χ0v) is 12.3. The second kappa shape index (κ2) is 7.21. The molecule has 0 aromatic heterocycles. The Kier molecular flexibility index (Phi) is 6.27. The second-order valence-corrected chi connectivity index (χ2v) is 5.43. The summed E-state index contributed by atoms with van der Waals surface area (Å²) in [6.45, 7) is 4.78. The molecule has 1 aromatic carbocycles. The minimum atomic E-state index is -0.544. The maximum atomic E-state index is 9.67. The SMILES string of the molecule is CC(C)NCC(O)COc1ccc(Br)cc1Cl. The van der Waals surface area contributed by atoms with Crippen molar-refractivity contribution in [2.45, 2.75) is 26.0 Å². The van der Waals surface area contributed by atoms with Crippen molar-refractivity contribution in [2.75, 3.05) is 13.2 Å². The van der Waals surface area contributed by atoms with Crippen LogP contribution in [0.25, 0.3) is 0 Å². The van der Waals surface area contributed by atoms with Crippen molar-refractivity contribution < 1.29 is 9.84 Å². The van der Waals surface area contributed by atoms with Gasteiger partial charge in [-0.1, -0.05) is 41.4 Å². The molecule has 1 aromatic rings. The lowest BCUT2D eigenvalue weighted by atomic mass is 10.3. The van der Waals surface area contributed by atoms with E-state index in [9.17, 15) is 5.11 Å². The average molecular weight is 323 g/mol. The third-order valence-corrected chi connectivity index (χ3v) is 2.88. The average Bonchev–Trinajstić information content (AvgIpc) is 2.25. The van der Waals surface area contributed by atoms with Crippen LogP contribution in [0.15, 0.2) is 22.7 Å². The Labute approximate surface area is 115 Å². The maximum absolute atomic E-state index is 9.67. The third-order valence-electron chi connectivity index (χ3n) is 2.09. The van der Waals surface area contributed by atoms with Gasteiger partial charge in [0.25, 0.3) is 0 Å². The highest BCUT2D eigenvalue weighted by molar-refractivity contribution is 9.10. The minimum Gasteiger partial charge on any atom is -0.489 e. The van der Waals surface area contributed by atoms with Crippen molar-refractivity contribution in [3.8, 4) is 5.75 Å². The predicted octanol–water partition coefficient (Wildman–Crippen LogP) is 2.84. The van der Waals surface area contributed by atoms with Crippen molar-refractivity contribution in [1.29, 1.82) is 0 Å². The highest BCUT2D eigenvalue weighted by atomic mass is 79.9. The number of nitrogens with one attached hydrogen (secondary N) is 1. The Hall–Kier alpha value is -0.290. The van der Waals surface area contributed by atoms with E-state index in [1.807, 2.05) is 19.9 Å². The van der Waals surface area contributed by atoms with Gasteiger partial charge < -0.3 is 15.2 Å². The predicted molar refractivity (Wildman–Crippen MR) is 73.8 cm³/mol. The summed E-state index contributed by atoms with van der Waals surface area (Å²) in [6, 6.07) is 5.73. The Morgan fingerprint density at radius 3 is 2.76 bits per heavy atom. The van der Waals surface area contributed by atoms with E-state index in [0.717, 1.165) is 4.47 Å². The van der Waals surface area contributed by atoms with E-state index >= 15 is 0 Å². The number of hydrogen-bond acceptors (Lipinski definition) is 3. The van der Waals surface area contributed by atoms with E-state index in [1.54, 1.807) is 12.1 Å². The van der Waals surface area contributed by atoms with Crippen molar-refractivity contribution >= 4 is 27.5 Å². The zero-order chi connectivity index (χ0) is 12.8. The highest BCUT2D eigenvalue weighted by Crippen LogP contribution is 2.27. The third kappa shape index (κ3) is 5.73. The molecule has 96 valence electrons. The van der Waals surface area contributed by atoms with Crippen LogP contribution < -0.4 is 10.1 Å². The number of hydrogen-bond donors (Lipinski definition) is 2. The summed E-state index contributed by atoms with van der Waals surface area (Å²) >= 11 is 9.31. The van der Waals surface area contributed by atoms with Crippen LogP contribution in [-0.2, 0) is 0 Å². The summed E-state index contributed by atoms with van der Waals surface area (Å²) in [7, 11) is 0. The molecule has 0 amide bonds. The van der Waals surface area contributed by atoms with Crippen molar-refractivity contribution in [3.05, 3.63) is 27.7 Å². The van der Waals surface area contributed by atoms with Crippen LogP contribution >= 0.6 is 27.5 Å². The Morgan fingerprint density at radius 2 is 2.18 bits per heavy atom. The van der Waals surface area contributed by atoms with Gasteiger partial charge in [0.15, 0.2) is 0 Å². The number of ether oxygens (including phenoxy) is 1. The lowest BCUT2D eigenvalue weighted by Crippen LogP contribution is -2.35. The molecule has 0 aliphatic heterocycles. The van der Waals surface area contributed by atoms with Crippen LogP contribution in [0.2, 0.25) is 5.02 Å². The molecule has 0 aliphatic carbocycles. The lowest BCUT2D eigenvalue weighted by molar-refractivity contribution is 0.105. The molecule has 1 atom stereocenters. The monoisotopic (exact) mass is 321 g/mol. The van der Waals surface area contributed by atoms with E-state index < -0.39 is 6.10 Å². The smallest absolute Gasteiger partial charge is 0.138 e. The van der Waals surface area contributed by atoms with Gasteiger partial charge in [0, 0.05) is 17.1 Å². The molecule has 3 nitrogen and oxygen atoms in total. The summed E-state index contributed by atoms with van der Waals surface area (Å²) < 4.78 is 6.34. The van der Waals surface area contributed by atoms with E-state index in [1.165, 1.54) is 0 Å². The fourth-order valence-corrected chi connectivity index (χ4v) is 1.94. The first-order valence-electron chi connectivity index (χ1n) is 5.48. The molecule has 1 rings (SSSR count). The molecule has 5 heteroatoms. The van der Waals surface area contributed by atoms with E-state index in [4.69, 9.17) is 16.3 Å². The Bertz CT molecular complexity index is 360. The molecule has 0 saturated carbocycles. The molecule has 0 radical (unpaired) electrons. The first-order chi connectivity index (χ1) is 7.99. The van der Waals surface area contributed by atoms with Gasteiger partial charge >= 0.3 is 0 Å². The highest BCUT2D eigenvalue weighted by Gasteiger charge is 2.08. The van der Waals surface area contributed by atoms with Gasteiger partial charge in [-0.05, 0) is 18.2 Å². The Morgan fingerprint density at radius 1 is 1.47 bits per heavy atom. The lowest BCUT2D eigenvalue weighted by Gasteiger charge is -2.15. The molecule has 17 heavy (non-hydrogen) atoms. The van der Waals surface area contributed by atoms with E-state index in [-0.39, 0.29) is 6.61 Å². The van der Waals surface area contributed by atoms with Crippen LogP contribution in [0.4, 0.5) is 0 Å². The normalized spacial score (nSPS) is 12.8. The van der Waals surface area contributed by atoms with Gasteiger partial charge in [0.2, 0.25) is 0 Å². The van der Waals surface area contributed by atoms with Gasteiger partial charge in [-0.3, -0.25) is 0 Å². The molecular formula is C12H17BrClNO2. The first kappa shape index (κ1) is 14.8. The number of rotatable bonds is 6. The largest absolute Gasteiger partial charge is 0.489 e. The van der Waals surface area contributed by atoms with Gasteiger partial charge in [0.05, 0.1) is 5.02 Å². The number of aliphatic hydroxyl groups excluding tert-OH is 1. The standard InChI is InChI=1S/C12H17BrClNO2/c1-8(2)15-6-10(16)7-17-12-4-3-9(13)5-11(12)14/h3-5,8,10,15-16H,6-7H2,1-2H3. The molecule has 0 heterocycles. The fourth-order valence-electron chi connectivity index (χ4n) is 1.21. The number of aliphatic hydroxyl groups is 1. The van der Waals surface area contributed by atoms with Crippen molar-refractivity contribution in [1.82, 2.24) is 5.32 Å². The fraction of sp³-hybridized carbons (Fsp3) is 0.500. The van der Waals surface area contributed by atoms with Crippen molar-refractivity contribution in [3.63, 3.8) is 0 Å². The van der Waals surface area contributed by atoms with Gasteiger partial charge in [0.1, 0.15) is 18.5 Å². The number of halogens is 2. The van der Waals surface area contributed by atoms with Crippen LogP contribution in [0.5, 0.6) is 5.75 Å². The molecule has 0 bridgehead atoms. The Balaban J connectivity index is 2.39. The van der Waals surface area contributed by atoms with Crippen LogP contribution in [-0.4, -0.2) is 30.4 Å². The van der Waals surface area contributed by atoms with E-state index in [2.05, 4.69) is 21.2 Å². The maximum Gasteiger partial charge on any atom is 0.138 e. The van der Waals surface area contributed by atoms with Crippen LogP contribution in [0.1, 0.15) is 13.8 Å². The summed E-state index contributed by atoms with van der Waals surface area (Å²) in [4.78, 5) is 0. The molecule has 0 fully saturated rings. The van der Waals surface area contributed by atoms with Gasteiger partial charge in [-0.25, -0.2) is 0 Å².